The number of rotatable bonds is 3. The molecule has 0 aliphatic carbocycles. The van der Waals surface area contributed by atoms with Crippen LogP contribution >= 0.6 is 11.8 Å². The largest absolute Gasteiger partial charge is 0.315 e. The molecule has 1 heterocycles. The van der Waals surface area contributed by atoms with Gasteiger partial charge in [0, 0.05) is 5.54 Å². The molecule has 1 nitrogen and oxygen atoms in total. The van der Waals surface area contributed by atoms with Crippen LogP contribution in [-0.4, -0.2) is 24.1 Å². The standard InChI is InChI=1S/C8H17NS/c1-8(2,9-3)4-7-5-10-6-7/h7,9H,4-6H2,1-3H3. The smallest absolute Gasteiger partial charge is 0.0125 e. The maximum Gasteiger partial charge on any atom is 0.0125 e. The molecular weight excluding hydrogens is 142 g/mol. The maximum absolute atomic E-state index is 3.33. The minimum Gasteiger partial charge on any atom is -0.315 e. The second kappa shape index (κ2) is 3.14. The summed E-state index contributed by atoms with van der Waals surface area (Å²) in [6, 6.07) is 0. The van der Waals surface area contributed by atoms with Gasteiger partial charge in [-0.3, -0.25) is 0 Å². The molecule has 1 N–H and O–H groups in total. The van der Waals surface area contributed by atoms with Crippen molar-refractivity contribution >= 4 is 11.8 Å². The third-order valence-electron chi connectivity index (χ3n) is 2.18. The quantitative estimate of drug-likeness (QED) is 0.673. The van der Waals surface area contributed by atoms with Gasteiger partial charge in [-0.2, -0.15) is 11.8 Å². The van der Waals surface area contributed by atoms with Crippen LogP contribution in [0.3, 0.4) is 0 Å². The highest BCUT2D eigenvalue weighted by Crippen LogP contribution is 2.31. The highest BCUT2D eigenvalue weighted by molar-refractivity contribution is 8.00. The van der Waals surface area contributed by atoms with Crippen molar-refractivity contribution in [3.63, 3.8) is 0 Å². The van der Waals surface area contributed by atoms with E-state index in [9.17, 15) is 0 Å². The summed E-state index contributed by atoms with van der Waals surface area (Å²) < 4.78 is 0. The summed E-state index contributed by atoms with van der Waals surface area (Å²) in [4.78, 5) is 0. The third-order valence-corrected chi connectivity index (χ3v) is 3.60. The summed E-state index contributed by atoms with van der Waals surface area (Å²) in [7, 11) is 2.05. The lowest BCUT2D eigenvalue weighted by Gasteiger charge is -2.33. The van der Waals surface area contributed by atoms with Crippen molar-refractivity contribution in [1.29, 1.82) is 0 Å². The minimum absolute atomic E-state index is 0.353. The molecule has 0 saturated carbocycles. The van der Waals surface area contributed by atoms with Crippen LogP contribution in [0.2, 0.25) is 0 Å². The Balaban J connectivity index is 2.21. The van der Waals surface area contributed by atoms with Crippen LogP contribution in [0.25, 0.3) is 0 Å². The monoisotopic (exact) mass is 159 g/mol. The average Bonchev–Trinajstić information content (AvgIpc) is 1.80. The molecule has 60 valence electrons. The van der Waals surface area contributed by atoms with Crippen LogP contribution in [0.15, 0.2) is 0 Å². The molecular formula is C8H17NS. The van der Waals surface area contributed by atoms with E-state index in [0.29, 0.717) is 5.54 Å². The molecule has 1 rings (SSSR count). The lowest BCUT2D eigenvalue weighted by atomic mass is 9.92. The topological polar surface area (TPSA) is 12.0 Å². The van der Waals surface area contributed by atoms with Gasteiger partial charge in [0.05, 0.1) is 0 Å². The molecule has 0 radical (unpaired) electrons. The van der Waals surface area contributed by atoms with Crippen LogP contribution in [0.1, 0.15) is 20.3 Å². The second-order valence-electron chi connectivity index (χ2n) is 3.74. The van der Waals surface area contributed by atoms with Crippen molar-refractivity contribution in [2.45, 2.75) is 25.8 Å². The zero-order valence-electron chi connectivity index (χ0n) is 7.11. The summed E-state index contributed by atoms with van der Waals surface area (Å²) >= 11 is 2.07. The Bertz CT molecular complexity index is 108. The van der Waals surface area contributed by atoms with Crippen molar-refractivity contribution in [1.82, 2.24) is 5.32 Å². The van der Waals surface area contributed by atoms with Gasteiger partial charge in [-0.1, -0.05) is 0 Å². The molecule has 0 spiro atoms. The lowest BCUT2D eigenvalue weighted by Crippen LogP contribution is -2.40. The lowest BCUT2D eigenvalue weighted by molar-refractivity contribution is 0.339. The number of thioether (sulfide) groups is 1. The second-order valence-corrected chi connectivity index (χ2v) is 4.82. The van der Waals surface area contributed by atoms with Gasteiger partial charge in [0.1, 0.15) is 0 Å². The molecule has 0 aromatic heterocycles. The predicted molar refractivity (Wildman–Crippen MR) is 48.6 cm³/mol. The molecule has 0 aromatic carbocycles. The van der Waals surface area contributed by atoms with E-state index in [4.69, 9.17) is 0 Å². The first-order valence-electron chi connectivity index (χ1n) is 3.91. The molecule has 10 heavy (non-hydrogen) atoms. The molecule has 0 atom stereocenters. The van der Waals surface area contributed by atoms with Gasteiger partial charge in [0.15, 0.2) is 0 Å². The summed E-state index contributed by atoms with van der Waals surface area (Å²) in [5.74, 6) is 3.74. The Hall–Kier alpha value is 0.310. The average molecular weight is 159 g/mol. The predicted octanol–water partition coefficient (Wildman–Crippen LogP) is 1.74. The molecule has 0 unspecified atom stereocenters. The minimum atomic E-state index is 0.353. The fraction of sp³-hybridized carbons (Fsp3) is 1.00. The zero-order chi connectivity index (χ0) is 7.61. The third kappa shape index (κ3) is 2.17. The highest BCUT2D eigenvalue weighted by Gasteiger charge is 2.25. The van der Waals surface area contributed by atoms with Gasteiger partial charge in [0.2, 0.25) is 0 Å². The molecule has 1 fully saturated rings. The van der Waals surface area contributed by atoms with Crippen molar-refractivity contribution in [3.05, 3.63) is 0 Å². The van der Waals surface area contributed by atoms with Crippen LogP contribution in [-0.2, 0) is 0 Å². The van der Waals surface area contributed by atoms with Gasteiger partial charge in [0.25, 0.3) is 0 Å². The number of hydrogen-bond acceptors (Lipinski definition) is 2. The molecule has 1 aliphatic rings. The molecule has 2 heteroatoms. The summed E-state index contributed by atoms with van der Waals surface area (Å²) in [6.07, 6.45) is 1.33. The van der Waals surface area contributed by atoms with Crippen LogP contribution in [0, 0.1) is 5.92 Å². The Labute approximate surface area is 68.0 Å². The molecule has 0 bridgehead atoms. The normalized spacial score (nSPS) is 20.7. The first-order valence-corrected chi connectivity index (χ1v) is 5.06. The van der Waals surface area contributed by atoms with Gasteiger partial charge >= 0.3 is 0 Å². The van der Waals surface area contributed by atoms with E-state index in [1.165, 1.54) is 17.9 Å². The SMILES string of the molecule is CNC(C)(C)CC1CSC1. The fourth-order valence-corrected chi connectivity index (χ4v) is 2.03. The van der Waals surface area contributed by atoms with Crippen LogP contribution < -0.4 is 5.32 Å². The maximum atomic E-state index is 3.33. The Kier molecular flexibility index (Phi) is 2.64. The summed E-state index contributed by atoms with van der Waals surface area (Å²) in [6.45, 7) is 4.55. The summed E-state index contributed by atoms with van der Waals surface area (Å²) in [5.41, 5.74) is 0.353. The van der Waals surface area contributed by atoms with Crippen LogP contribution in [0.4, 0.5) is 0 Å². The van der Waals surface area contributed by atoms with E-state index in [0.717, 1.165) is 5.92 Å². The Morgan fingerprint density at radius 2 is 2.10 bits per heavy atom. The van der Waals surface area contributed by atoms with Gasteiger partial charge in [-0.25, -0.2) is 0 Å². The summed E-state index contributed by atoms with van der Waals surface area (Å²) in [5, 5.41) is 3.33. The number of hydrogen-bond donors (Lipinski definition) is 1. The van der Waals surface area contributed by atoms with Gasteiger partial charge in [-0.15, -0.1) is 0 Å². The number of nitrogens with one attached hydrogen (secondary N) is 1. The van der Waals surface area contributed by atoms with Crippen molar-refractivity contribution in [3.8, 4) is 0 Å². The van der Waals surface area contributed by atoms with E-state index >= 15 is 0 Å². The van der Waals surface area contributed by atoms with Crippen LogP contribution in [0.5, 0.6) is 0 Å². The molecule has 1 saturated heterocycles. The van der Waals surface area contributed by atoms with E-state index in [1.54, 1.807) is 0 Å². The van der Waals surface area contributed by atoms with Crippen molar-refractivity contribution < 1.29 is 0 Å². The van der Waals surface area contributed by atoms with Crippen molar-refractivity contribution in [2.24, 2.45) is 5.92 Å². The molecule has 1 aliphatic heterocycles. The Morgan fingerprint density at radius 3 is 2.40 bits per heavy atom. The Morgan fingerprint density at radius 1 is 1.50 bits per heavy atom. The zero-order valence-corrected chi connectivity index (χ0v) is 7.92. The van der Waals surface area contributed by atoms with Crippen molar-refractivity contribution in [2.75, 3.05) is 18.6 Å². The highest BCUT2D eigenvalue weighted by atomic mass is 32.2. The van der Waals surface area contributed by atoms with Gasteiger partial charge in [-0.05, 0) is 44.7 Å². The van der Waals surface area contributed by atoms with E-state index in [2.05, 4.69) is 30.9 Å². The molecule has 0 aromatic rings. The van der Waals surface area contributed by atoms with E-state index in [1.807, 2.05) is 7.05 Å². The molecule has 0 amide bonds. The van der Waals surface area contributed by atoms with Gasteiger partial charge < -0.3 is 5.32 Å². The van der Waals surface area contributed by atoms with E-state index in [-0.39, 0.29) is 0 Å². The first kappa shape index (κ1) is 8.41. The van der Waals surface area contributed by atoms with E-state index < -0.39 is 0 Å². The fourth-order valence-electron chi connectivity index (χ4n) is 1.23. The first-order chi connectivity index (χ1) is 4.64.